The first-order chi connectivity index (χ1) is 11.8. The zero-order valence-corrected chi connectivity index (χ0v) is 13.8. The molecule has 1 aliphatic rings. The molecule has 0 radical (unpaired) electrons. The number of rotatable bonds is 4. The summed E-state index contributed by atoms with van der Waals surface area (Å²) in [6, 6.07) is 18.3. The minimum absolute atomic E-state index is 0.533. The summed E-state index contributed by atoms with van der Waals surface area (Å²) in [5.74, 6) is 0.533. The summed E-state index contributed by atoms with van der Waals surface area (Å²) in [6.07, 6.45) is 2.92. The topological polar surface area (TPSA) is 62.9 Å². The number of nitrogens with two attached hydrogens (primary N) is 1. The van der Waals surface area contributed by atoms with Gasteiger partial charge in [0.1, 0.15) is 0 Å². The first kappa shape index (κ1) is 16.1. The van der Waals surface area contributed by atoms with E-state index in [2.05, 4.69) is 39.6 Å². The van der Waals surface area contributed by atoms with Crippen LogP contribution in [0.4, 0.5) is 5.69 Å². The van der Waals surface area contributed by atoms with Crippen LogP contribution in [0.3, 0.4) is 0 Å². The fourth-order valence-electron chi connectivity index (χ4n) is 2.73. The maximum atomic E-state index is 6.24. The van der Waals surface area contributed by atoms with Gasteiger partial charge in [-0.15, -0.1) is 0 Å². The molecule has 3 rings (SSSR count). The van der Waals surface area contributed by atoms with E-state index in [1.807, 2.05) is 36.4 Å². The highest BCUT2D eigenvalue weighted by Crippen LogP contribution is 2.30. The molecule has 0 fully saturated rings. The van der Waals surface area contributed by atoms with Gasteiger partial charge in [0.25, 0.3) is 0 Å². The molecule has 0 aromatic heterocycles. The van der Waals surface area contributed by atoms with Gasteiger partial charge in [0, 0.05) is 30.8 Å². The van der Waals surface area contributed by atoms with E-state index in [4.69, 9.17) is 10.6 Å². The predicted molar refractivity (Wildman–Crippen MR) is 97.6 cm³/mol. The molecular formula is C19H22N4O. The van der Waals surface area contributed by atoms with Crippen LogP contribution in [0.1, 0.15) is 6.42 Å². The van der Waals surface area contributed by atoms with Crippen molar-refractivity contribution in [2.75, 3.05) is 20.2 Å². The molecule has 2 aromatic carbocycles. The lowest BCUT2D eigenvalue weighted by Gasteiger charge is -2.27. The Hall–Kier alpha value is -2.79. The van der Waals surface area contributed by atoms with Crippen molar-refractivity contribution in [3.63, 3.8) is 0 Å². The van der Waals surface area contributed by atoms with Gasteiger partial charge in [-0.25, -0.2) is 4.99 Å². The van der Waals surface area contributed by atoms with Gasteiger partial charge in [-0.05, 0) is 17.7 Å². The molecule has 0 saturated heterocycles. The second kappa shape index (κ2) is 7.66. The Balaban J connectivity index is 1.82. The van der Waals surface area contributed by atoms with Crippen LogP contribution in [0.25, 0.3) is 11.1 Å². The molecular weight excluding hydrogens is 300 g/mol. The van der Waals surface area contributed by atoms with Crippen LogP contribution in [0.15, 0.2) is 71.4 Å². The summed E-state index contributed by atoms with van der Waals surface area (Å²) in [4.78, 5) is 11.7. The third kappa shape index (κ3) is 3.75. The highest BCUT2D eigenvalue weighted by atomic mass is 16.6. The summed E-state index contributed by atoms with van der Waals surface area (Å²) in [5.41, 5.74) is 13.3. The quantitative estimate of drug-likeness (QED) is 0.516. The van der Waals surface area contributed by atoms with Crippen LogP contribution in [0, 0.1) is 0 Å². The molecule has 1 aliphatic heterocycles. The molecule has 5 nitrogen and oxygen atoms in total. The van der Waals surface area contributed by atoms with Gasteiger partial charge in [-0.3, -0.25) is 10.3 Å². The molecule has 2 aromatic rings. The van der Waals surface area contributed by atoms with Crippen molar-refractivity contribution in [1.82, 2.24) is 10.4 Å². The smallest absolute Gasteiger partial charge is 0.196 e. The van der Waals surface area contributed by atoms with Gasteiger partial charge in [0.2, 0.25) is 0 Å². The first-order valence-corrected chi connectivity index (χ1v) is 7.99. The fourth-order valence-corrected chi connectivity index (χ4v) is 2.73. The van der Waals surface area contributed by atoms with Crippen molar-refractivity contribution in [3.8, 4) is 11.1 Å². The molecule has 0 amide bonds. The van der Waals surface area contributed by atoms with Crippen LogP contribution < -0.4 is 11.2 Å². The number of hydrogen-bond donors (Lipinski definition) is 2. The van der Waals surface area contributed by atoms with Crippen LogP contribution in [-0.2, 0) is 4.84 Å². The molecule has 0 unspecified atom stereocenters. The van der Waals surface area contributed by atoms with E-state index >= 15 is 0 Å². The molecule has 3 N–H and O–H groups in total. The van der Waals surface area contributed by atoms with Gasteiger partial charge in [0.15, 0.2) is 5.96 Å². The monoisotopic (exact) mass is 322 g/mol. The minimum atomic E-state index is 0.533. The number of para-hydroxylation sites is 1. The molecule has 0 atom stereocenters. The molecule has 0 aliphatic carbocycles. The number of guanidine groups is 1. The van der Waals surface area contributed by atoms with E-state index in [9.17, 15) is 0 Å². The lowest BCUT2D eigenvalue weighted by atomic mass is 10.0. The lowest BCUT2D eigenvalue weighted by Crippen LogP contribution is -2.41. The Morgan fingerprint density at radius 1 is 1.12 bits per heavy atom. The fraction of sp³-hybridized carbons (Fsp3) is 0.211. The zero-order chi connectivity index (χ0) is 16.8. The number of hydroxylamine groups is 1. The van der Waals surface area contributed by atoms with E-state index in [0.29, 0.717) is 12.5 Å². The second-order valence-electron chi connectivity index (χ2n) is 5.58. The van der Waals surface area contributed by atoms with Crippen molar-refractivity contribution >= 4 is 11.6 Å². The molecule has 0 spiro atoms. The second-order valence-corrected chi connectivity index (χ2v) is 5.58. The zero-order valence-electron chi connectivity index (χ0n) is 13.8. The average molecular weight is 322 g/mol. The molecule has 124 valence electrons. The molecule has 1 heterocycles. The maximum Gasteiger partial charge on any atom is 0.196 e. The van der Waals surface area contributed by atoms with Crippen LogP contribution in [-0.4, -0.2) is 31.1 Å². The van der Waals surface area contributed by atoms with Crippen LogP contribution in [0.2, 0.25) is 0 Å². The molecule has 0 bridgehead atoms. The summed E-state index contributed by atoms with van der Waals surface area (Å²) >= 11 is 0. The molecule has 5 heteroatoms. The Labute approximate surface area is 142 Å². The van der Waals surface area contributed by atoms with Crippen LogP contribution in [0.5, 0.6) is 0 Å². The van der Waals surface area contributed by atoms with E-state index in [1.54, 1.807) is 7.11 Å². The Morgan fingerprint density at radius 3 is 2.58 bits per heavy atom. The number of hydrogen-bond acceptors (Lipinski definition) is 3. The highest BCUT2D eigenvalue weighted by molar-refractivity contribution is 5.85. The van der Waals surface area contributed by atoms with E-state index in [1.165, 1.54) is 0 Å². The van der Waals surface area contributed by atoms with Gasteiger partial charge >= 0.3 is 0 Å². The number of nitrogens with zero attached hydrogens (tertiary/aromatic N) is 2. The Bertz CT molecular complexity index is 740. The average Bonchev–Trinajstić information content (AvgIpc) is 2.64. The lowest BCUT2D eigenvalue weighted by molar-refractivity contribution is 0.112. The van der Waals surface area contributed by atoms with Gasteiger partial charge < -0.3 is 10.6 Å². The van der Waals surface area contributed by atoms with Crippen molar-refractivity contribution in [2.24, 2.45) is 10.7 Å². The van der Waals surface area contributed by atoms with Crippen molar-refractivity contribution < 1.29 is 4.84 Å². The summed E-state index contributed by atoms with van der Waals surface area (Å²) in [5, 5.41) is 0. The number of aliphatic imine (C=N–C) groups is 1. The number of nitrogens with one attached hydrogen (secondary N) is 1. The minimum Gasteiger partial charge on any atom is -0.369 e. The van der Waals surface area contributed by atoms with Gasteiger partial charge in [0.05, 0.1) is 12.8 Å². The van der Waals surface area contributed by atoms with Crippen molar-refractivity contribution in [1.29, 1.82) is 0 Å². The van der Waals surface area contributed by atoms with E-state index in [-0.39, 0.29) is 0 Å². The molecule has 0 saturated carbocycles. The Morgan fingerprint density at radius 2 is 1.88 bits per heavy atom. The Kier molecular flexibility index (Phi) is 5.13. The van der Waals surface area contributed by atoms with Crippen molar-refractivity contribution in [2.45, 2.75) is 6.42 Å². The predicted octanol–water partition coefficient (Wildman–Crippen LogP) is 3.04. The summed E-state index contributed by atoms with van der Waals surface area (Å²) in [6.45, 7) is 1.53. The van der Waals surface area contributed by atoms with Gasteiger partial charge in [-0.2, -0.15) is 0 Å². The van der Waals surface area contributed by atoms with E-state index in [0.717, 1.165) is 35.5 Å². The molecule has 24 heavy (non-hydrogen) atoms. The van der Waals surface area contributed by atoms with Crippen molar-refractivity contribution in [3.05, 3.63) is 66.4 Å². The normalized spacial score (nSPS) is 15.1. The van der Waals surface area contributed by atoms with Gasteiger partial charge in [-0.1, -0.05) is 48.5 Å². The third-order valence-corrected chi connectivity index (χ3v) is 3.99. The first-order valence-electron chi connectivity index (χ1n) is 7.99. The third-order valence-electron chi connectivity index (χ3n) is 3.99. The summed E-state index contributed by atoms with van der Waals surface area (Å²) in [7, 11) is 1.61. The summed E-state index contributed by atoms with van der Waals surface area (Å²) < 4.78 is 0. The standard InChI is InChI=1S/C19H22N4O/c1-24-22-16-11-13-23(14-12-16)19(20)21-18-10-6-5-9-17(18)15-7-3-2-4-8-15/h2-11,22H,12-14H2,1H3,(H2,20,21). The largest absolute Gasteiger partial charge is 0.369 e. The highest BCUT2D eigenvalue weighted by Gasteiger charge is 2.14. The SMILES string of the molecule is CONC1=CCN(C(N)=Nc2ccccc2-c2ccccc2)CC1. The van der Waals surface area contributed by atoms with E-state index < -0.39 is 0 Å². The van der Waals surface area contributed by atoms with Crippen LogP contribution >= 0.6 is 0 Å². The number of benzene rings is 2. The maximum absolute atomic E-state index is 6.24.